The fourth-order valence-corrected chi connectivity index (χ4v) is 3.14. The van der Waals surface area contributed by atoms with E-state index in [0.717, 1.165) is 11.1 Å². The third-order valence-electron chi connectivity index (χ3n) is 4.61. The molecule has 0 aliphatic carbocycles. The highest BCUT2D eigenvalue weighted by Gasteiger charge is 2.22. The van der Waals surface area contributed by atoms with Crippen molar-refractivity contribution in [3.8, 4) is 5.95 Å². The molecule has 0 fully saturated rings. The highest BCUT2D eigenvalue weighted by Crippen LogP contribution is 2.29. The summed E-state index contributed by atoms with van der Waals surface area (Å²) < 4.78 is 29.2. The van der Waals surface area contributed by atoms with Crippen LogP contribution in [0.15, 0.2) is 36.5 Å². The number of nitrogens with two attached hydrogens (primary N) is 2. The molecule has 5 N–H and O–H groups in total. The number of nitrogens with zero attached hydrogens (tertiary/aromatic N) is 6. The molecule has 10 nitrogen and oxygen atoms in total. The number of carbonyl (C=O) groups is 1. The minimum atomic E-state index is -1.31. The van der Waals surface area contributed by atoms with Crippen LogP contribution < -0.4 is 16.4 Å². The Morgan fingerprint density at radius 2 is 1.87 bits per heavy atom. The smallest absolute Gasteiger partial charge is 0.411 e. The lowest BCUT2D eigenvalue weighted by Gasteiger charge is -2.17. The van der Waals surface area contributed by atoms with E-state index in [4.69, 9.17) is 16.6 Å². The fourth-order valence-electron chi connectivity index (χ4n) is 3.14. The van der Waals surface area contributed by atoms with E-state index in [0.29, 0.717) is 16.8 Å². The van der Waals surface area contributed by atoms with Gasteiger partial charge < -0.3 is 16.6 Å². The molecule has 0 aliphatic rings. The molecule has 3 heterocycles. The molecule has 4 aromatic rings. The fraction of sp³-hybridized carbons (Fsp3) is 0.105. The first kappa shape index (κ1) is 19.9. The molecule has 1 aromatic carbocycles. The average molecular weight is 426 g/mol. The van der Waals surface area contributed by atoms with Gasteiger partial charge in [0.15, 0.2) is 11.6 Å². The summed E-state index contributed by atoms with van der Waals surface area (Å²) >= 11 is 0. The second-order valence-electron chi connectivity index (χ2n) is 6.63. The van der Waals surface area contributed by atoms with Gasteiger partial charge in [0.2, 0.25) is 0 Å². The number of hydrogen-bond acceptors (Lipinski definition) is 7. The van der Waals surface area contributed by atoms with Crippen LogP contribution in [-0.4, -0.2) is 43.0 Å². The Labute approximate surface area is 173 Å². The quantitative estimate of drug-likeness (QED) is 0.450. The van der Waals surface area contributed by atoms with E-state index in [9.17, 15) is 13.6 Å². The molecule has 0 aliphatic heterocycles. The third kappa shape index (κ3) is 3.54. The van der Waals surface area contributed by atoms with Crippen molar-refractivity contribution in [3.63, 3.8) is 0 Å². The number of fused-ring (bicyclic) bond motifs is 1. The Balaban J connectivity index is 1.88. The summed E-state index contributed by atoms with van der Waals surface area (Å²) in [5.41, 5.74) is 13.0. The normalized spacial score (nSPS) is 11.1. The largest absolute Gasteiger partial charge is 0.465 e. The van der Waals surface area contributed by atoms with E-state index in [1.54, 1.807) is 18.2 Å². The van der Waals surface area contributed by atoms with Gasteiger partial charge in [0.05, 0.1) is 17.4 Å². The summed E-state index contributed by atoms with van der Waals surface area (Å²) in [4.78, 5) is 24.3. The van der Waals surface area contributed by atoms with Crippen LogP contribution in [0.1, 0.15) is 11.3 Å². The van der Waals surface area contributed by atoms with Gasteiger partial charge in [-0.05, 0) is 11.6 Å². The van der Waals surface area contributed by atoms with E-state index in [1.807, 2.05) is 0 Å². The first-order valence-corrected chi connectivity index (χ1v) is 8.93. The molecule has 0 saturated carbocycles. The number of pyridine rings is 1. The molecule has 3 aromatic heterocycles. The Bertz CT molecular complexity index is 1300. The Morgan fingerprint density at radius 1 is 1.19 bits per heavy atom. The van der Waals surface area contributed by atoms with Gasteiger partial charge in [-0.25, -0.2) is 18.6 Å². The SMILES string of the molecule is CN(C(=O)O)c1c(N)nc(-n2nc(Cc3ccccc3F)c3ncc(F)cc32)nc1N. The Hall–Kier alpha value is -4.35. The van der Waals surface area contributed by atoms with Gasteiger partial charge in [-0.15, -0.1) is 0 Å². The van der Waals surface area contributed by atoms with Crippen LogP contribution in [0.5, 0.6) is 0 Å². The molecule has 0 spiro atoms. The van der Waals surface area contributed by atoms with Crippen molar-refractivity contribution in [2.75, 3.05) is 23.4 Å². The molecule has 0 saturated heterocycles. The second-order valence-corrected chi connectivity index (χ2v) is 6.63. The molecule has 12 heteroatoms. The van der Waals surface area contributed by atoms with E-state index in [-0.39, 0.29) is 35.2 Å². The van der Waals surface area contributed by atoms with Crippen LogP contribution in [-0.2, 0) is 6.42 Å². The maximum atomic E-state index is 14.1. The van der Waals surface area contributed by atoms with Crippen LogP contribution in [0, 0.1) is 11.6 Å². The molecule has 0 atom stereocenters. The lowest BCUT2D eigenvalue weighted by Crippen LogP contribution is -2.27. The van der Waals surface area contributed by atoms with Crippen molar-refractivity contribution < 1.29 is 18.7 Å². The van der Waals surface area contributed by atoms with E-state index in [1.165, 1.54) is 23.9 Å². The van der Waals surface area contributed by atoms with Crippen molar-refractivity contribution in [3.05, 3.63) is 59.4 Å². The number of rotatable bonds is 4. The van der Waals surface area contributed by atoms with E-state index in [2.05, 4.69) is 20.1 Å². The van der Waals surface area contributed by atoms with Gasteiger partial charge in [0, 0.05) is 19.5 Å². The van der Waals surface area contributed by atoms with Crippen LogP contribution in [0.3, 0.4) is 0 Å². The lowest BCUT2D eigenvalue weighted by atomic mass is 10.1. The highest BCUT2D eigenvalue weighted by molar-refractivity contribution is 5.93. The van der Waals surface area contributed by atoms with Gasteiger partial charge in [0.1, 0.15) is 22.8 Å². The maximum Gasteiger partial charge on any atom is 0.411 e. The number of carboxylic acid groups (broad SMARTS) is 1. The van der Waals surface area contributed by atoms with Crippen molar-refractivity contribution in [1.82, 2.24) is 24.7 Å². The van der Waals surface area contributed by atoms with Crippen molar-refractivity contribution >= 4 is 34.4 Å². The predicted molar refractivity (Wildman–Crippen MR) is 109 cm³/mol. The molecule has 0 radical (unpaired) electrons. The third-order valence-corrected chi connectivity index (χ3v) is 4.61. The lowest BCUT2D eigenvalue weighted by molar-refractivity contribution is 0.203. The van der Waals surface area contributed by atoms with Crippen LogP contribution in [0.2, 0.25) is 0 Å². The molecule has 31 heavy (non-hydrogen) atoms. The van der Waals surface area contributed by atoms with Crippen molar-refractivity contribution in [2.24, 2.45) is 0 Å². The molecular weight excluding hydrogens is 410 g/mol. The zero-order valence-electron chi connectivity index (χ0n) is 16.1. The molecule has 4 rings (SSSR count). The first-order valence-electron chi connectivity index (χ1n) is 8.93. The van der Waals surface area contributed by atoms with Gasteiger partial charge in [-0.3, -0.25) is 4.90 Å². The van der Waals surface area contributed by atoms with Gasteiger partial charge in [-0.2, -0.15) is 19.7 Å². The number of benzene rings is 1. The minimum Gasteiger partial charge on any atom is -0.465 e. The molecule has 1 amide bonds. The number of amides is 1. The molecular formula is C19H16F2N8O2. The first-order chi connectivity index (χ1) is 14.8. The zero-order chi connectivity index (χ0) is 22.3. The van der Waals surface area contributed by atoms with E-state index >= 15 is 0 Å². The van der Waals surface area contributed by atoms with Crippen LogP contribution >= 0.6 is 0 Å². The molecule has 0 unspecified atom stereocenters. The number of halogens is 2. The number of nitrogen functional groups attached to an aromatic ring is 2. The summed E-state index contributed by atoms with van der Waals surface area (Å²) in [5.74, 6) is -1.59. The topological polar surface area (TPSA) is 149 Å². The average Bonchev–Trinajstić information content (AvgIpc) is 3.06. The number of aromatic nitrogens is 5. The molecule has 0 bridgehead atoms. The summed E-state index contributed by atoms with van der Waals surface area (Å²) in [6, 6.07) is 7.36. The maximum absolute atomic E-state index is 14.1. The minimum absolute atomic E-state index is 0.0829. The van der Waals surface area contributed by atoms with Gasteiger partial charge in [0.25, 0.3) is 5.95 Å². The van der Waals surface area contributed by atoms with Gasteiger partial charge in [-0.1, -0.05) is 18.2 Å². The standard InChI is InChI=1S/C19H16F2N8O2/c1-28(19(30)31)15-16(22)25-18(26-17(15)23)29-13-7-10(20)8-24-14(13)12(27-29)6-9-4-2-3-5-11(9)21/h2-5,7-8H,6H2,1H3,(H,30,31)(H4,22,23,25,26). The van der Waals surface area contributed by atoms with E-state index < -0.39 is 17.7 Å². The highest BCUT2D eigenvalue weighted by atomic mass is 19.1. The summed E-state index contributed by atoms with van der Waals surface area (Å²) in [6.07, 6.45) is -0.203. The number of hydrogen-bond donors (Lipinski definition) is 3. The molecule has 158 valence electrons. The zero-order valence-corrected chi connectivity index (χ0v) is 16.1. The summed E-state index contributed by atoms with van der Waals surface area (Å²) in [7, 11) is 1.24. The second kappa shape index (κ2) is 7.48. The predicted octanol–water partition coefficient (Wildman–Crippen LogP) is 2.36. The summed E-state index contributed by atoms with van der Waals surface area (Å²) in [6.45, 7) is 0. The monoisotopic (exact) mass is 426 g/mol. The van der Waals surface area contributed by atoms with Gasteiger partial charge >= 0.3 is 6.09 Å². The number of anilines is 3. The van der Waals surface area contributed by atoms with Crippen LogP contribution in [0.4, 0.5) is 30.9 Å². The van der Waals surface area contributed by atoms with Crippen molar-refractivity contribution in [2.45, 2.75) is 6.42 Å². The summed E-state index contributed by atoms with van der Waals surface area (Å²) in [5, 5.41) is 13.6. The van der Waals surface area contributed by atoms with Crippen molar-refractivity contribution in [1.29, 1.82) is 0 Å². The Morgan fingerprint density at radius 3 is 2.52 bits per heavy atom. The Kier molecular flexibility index (Phi) is 4.81. The van der Waals surface area contributed by atoms with Crippen LogP contribution in [0.25, 0.3) is 17.0 Å².